The normalized spacial score (nSPS) is 9.03. The molecule has 4 N–H and O–H groups in total. The molecular formula is C23H26N2O8. The van der Waals surface area contributed by atoms with Gasteiger partial charge in [-0.3, -0.25) is 9.59 Å². The monoisotopic (exact) mass is 458 g/mol. The first-order chi connectivity index (χ1) is 15.9. The number of aliphatic hydroxyl groups excluding tert-OH is 2. The standard InChI is InChI=1S/C15H10N2O2.C6H10O4.C2H6O2/c18-10-16-14-5-1-12(2-6-14)9-13-3-7-15(8-4-13)17-11-19;7-5(8)3-1-2-4-6(9)10;3-1-2-4/h1-8H,9H2;1-4H2,(H,7,8)(H,9,10);3-4H,1-2H2. The average molecular weight is 458 g/mol. The highest BCUT2D eigenvalue weighted by molar-refractivity contribution is 5.67. The number of aliphatic carboxylic acids is 2. The van der Waals surface area contributed by atoms with Crippen LogP contribution in [0.3, 0.4) is 0 Å². The lowest BCUT2D eigenvalue weighted by molar-refractivity contribution is -0.139. The molecule has 2 aromatic rings. The van der Waals surface area contributed by atoms with Gasteiger partial charge in [0.2, 0.25) is 12.2 Å². The zero-order valence-electron chi connectivity index (χ0n) is 17.9. The van der Waals surface area contributed by atoms with Crippen LogP contribution in [0.25, 0.3) is 0 Å². The van der Waals surface area contributed by atoms with E-state index in [4.69, 9.17) is 20.4 Å². The molecular weight excluding hydrogens is 432 g/mol. The minimum Gasteiger partial charge on any atom is -0.481 e. The fourth-order valence-electron chi connectivity index (χ4n) is 2.27. The minimum absolute atomic E-state index is 0.0628. The van der Waals surface area contributed by atoms with E-state index in [2.05, 4.69) is 9.98 Å². The molecule has 0 aliphatic heterocycles. The van der Waals surface area contributed by atoms with Crippen LogP contribution in [0.2, 0.25) is 0 Å². The van der Waals surface area contributed by atoms with Crippen LogP contribution >= 0.6 is 0 Å². The third-order valence-electron chi connectivity index (χ3n) is 3.76. The van der Waals surface area contributed by atoms with Crippen molar-refractivity contribution in [2.24, 2.45) is 9.98 Å². The van der Waals surface area contributed by atoms with Gasteiger partial charge < -0.3 is 20.4 Å². The molecule has 0 atom stereocenters. The van der Waals surface area contributed by atoms with E-state index in [0.717, 1.165) is 17.5 Å². The molecule has 0 fully saturated rings. The number of carboxylic acids is 2. The molecule has 10 nitrogen and oxygen atoms in total. The van der Waals surface area contributed by atoms with Crippen molar-refractivity contribution in [1.82, 2.24) is 0 Å². The van der Waals surface area contributed by atoms with E-state index >= 15 is 0 Å². The van der Waals surface area contributed by atoms with Crippen LogP contribution in [0.15, 0.2) is 58.5 Å². The Labute approximate surface area is 190 Å². The maximum atomic E-state index is 10.1. The SMILES string of the molecule is O=C(O)CCCCC(=O)O.O=C=Nc1ccc(Cc2ccc(N=C=O)cc2)cc1.OCCO. The van der Waals surface area contributed by atoms with E-state index in [9.17, 15) is 19.2 Å². The Morgan fingerprint density at radius 3 is 1.24 bits per heavy atom. The molecule has 0 aliphatic carbocycles. The van der Waals surface area contributed by atoms with Gasteiger partial charge in [-0.1, -0.05) is 24.3 Å². The second-order valence-electron chi connectivity index (χ2n) is 6.36. The molecule has 2 aromatic carbocycles. The first-order valence-electron chi connectivity index (χ1n) is 9.85. The van der Waals surface area contributed by atoms with Crippen LogP contribution in [0.1, 0.15) is 36.8 Å². The highest BCUT2D eigenvalue weighted by Crippen LogP contribution is 2.17. The number of benzene rings is 2. The fraction of sp³-hybridized carbons (Fsp3) is 0.304. The molecule has 0 unspecified atom stereocenters. The molecule has 0 heterocycles. The van der Waals surface area contributed by atoms with Crippen molar-refractivity contribution in [1.29, 1.82) is 0 Å². The van der Waals surface area contributed by atoms with Crippen molar-refractivity contribution in [3.05, 3.63) is 59.7 Å². The molecule has 0 saturated heterocycles. The number of carboxylic acid groups (broad SMARTS) is 2. The number of unbranched alkanes of at least 4 members (excludes halogenated alkanes) is 1. The van der Waals surface area contributed by atoms with Gasteiger partial charge in [0.15, 0.2) is 0 Å². The van der Waals surface area contributed by atoms with E-state index in [-0.39, 0.29) is 26.1 Å². The Balaban J connectivity index is 0.000000615. The fourth-order valence-corrected chi connectivity index (χ4v) is 2.27. The highest BCUT2D eigenvalue weighted by atomic mass is 16.4. The van der Waals surface area contributed by atoms with E-state index in [1.807, 2.05) is 24.3 Å². The van der Waals surface area contributed by atoms with Gasteiger partial charge in [0.1, 0.15) is 0 Å². The molecule has 176 valence electrons. The number of carbonyl (C=O) groups is 2. The lowest BCUT2D eigenvalue weighted by atomic mass is 10.0. The molecule has 0 radical (unpaired) electrons. The van der Waals surface area contributed by atoms with Gasteiger partial charge in [-0.2, -0.15) is 9.98 Å². The van der Waals surface area contributed by atoms with E-state index in [1.165, 1.54) is 12.2 Å². The first-order valence-corrected chi connectivity index (χ1v) is 9.85. The van der Waals surface area contributed by atoms with E-state index < -0.39 is 11.9 Å². The number of carbonyl (C=O) groups excluding carboxylic acids is 2. The zero-order valence-corrected chi connectivity index (χ0v) is 17.9. The summed E-state index contributed by atoms with van der Waals surface area (Å²) < 4.78 is 0. The largest absolute Gasteiger partial charge is 0.481 e. The van der Waals surface area contributed by atoms with Gasteiger partial charge in [-0.15, -0.1) is 0 Å². The molecule has 10 heteroatoms. The Bertz CT molecular complexity index is 852. The minimum atomic E-state index is -0.870. The number of aliphatic hydroxyl groups is 2. The third-order valence-corrected chi connectivity index (χ3v) is 3.76. The van der Waals surface area contributed by atoms with Gasteiger partial charge in [0.25, 0.3) is 0 Å². The molecule has 0 aliphatic rings. The number of hydrogen-bond acceptors (Lipinski definition) is 8. The predicted octanol–water partition coefficient (Wildman–Crippen LogP) is 2.90. The number of hydrogen-bond donors (Lipinski definition) is 4. The molecule has 33 heavy (non-hydrogen) atoms. The molecule has 0 aromatic heterocycles. The molecule has 0 bridgehead atoms. The Hall–Kier alpha value is -3.94. The van der Waals surface area contributed by atoms with Crippen LogP contribution in [-0.4, -0.2) is 57.7 Å². The highest BCUT2D eigenvalue weighted by Gasteiger charge is 1.99. The summed E-state index contributed by atoms with van der Waals surface area (Å²) in [5, 5.41) is 31.5. The quantitative estimate of drug-likeness (QED) is 0.239. The summed E-state index contributed by atoms with van der Waals surface area (Å²) in [5.74, 6) is -1.74. The van der Waals surface area contributed by atoms with E-state index in [0.29, 0.717) is 24.2 Å². The summed E-state index contributed by atoms with van der Waals surface area (Å²) >= 11 is 0. The lowest BCUT2D eigenvalue weighted by Gasteiger charge is -2.02. The summed E-state index contributed by atoms with van der Waals surface area (Å²) in [7, 11) is 0. The zero-order chi connectivity index (χ0) is 24.9. The van der Waals surface area contributed by atoms with Crippen LogP contribution < -0.4 is 0 Å². The van der Waals surface area contributed by atoms with Crippen molar-refractivity contribution in [2.45, 2.75) is 32.1 Å². The smallest absolute Gasteiger partial charge is 0.303 e. The summed E-state index contributed by atoms with van der Waals surface area (Å²) in [5.41, 5.74) is 3.40. The van der Waals surface area contributed by atoms with Crippen molar-refractivity contribution in [2.75, 3.05) is 13.2 Å². The Kier molecular flexibility index (Phi) is 16.6. The summed E-state index contributed by atoms with van der Waals surface area (Å²) in [6.07, 6.45) is 4.79. The van der Waals surface area contributed by atoms with Gasteiger partial charge in [0.05, 0.1) is 24.6 Å². The van der Waals surface area contributed by atoms with Gasteiger partial charge in [-0.25, -0.2) is 9.59 Å². The third kappa shape index (κ3) is 16.4. The van der Waals surface area contributed by atoms with Crippen LogP contribution in [-0.2, 0) is 25.6 Å². The lowest BCUT2D eigenvalue weighted by Crippen LogP contribution is -1.97. The first kappa shape index (κ1) is 29.1. The van der Waals surface area contributed by atoms with E-state index in [1.54, 1.807) is 24.3 Å². The Morgan fingerprint density at radius 2 is 1.00 bits per heavy atom. The average Bonchev–Trinajstić information content (AvgIpc) is 2.80. The molecule has 0 amide bonds. The van der Waals surface area contributed by atoms with Gasteiger partial charge in [-0.05, 0) is 54.7 Å². The predicted molar refractivity (Wildman–Crippen MR) is 119 cm³/mol. The topological polar surface area (TPSA) is 174 Å². The Morgan fingerprint density at radius 1 is 0.667 bits per heavy atom. The van der Waals surface area contributed by atoms with Crippen molar-refractivity contribution in [3.8, 4) is 0 Å². The molecule has 0 spiro atoms. The summed E-state index contributed by atoms with van der Waals surface area (Å²) in [6.45, 7) is -0.250. The maximum Gasteiger partial charge on any atom is 0.303 e. The van der Waals surface area contributed by atoms with Gasteiger partial charge in [0, 0.05) is 12.8 Å². The van der Waals surface area contributed by atoms with Crippen molar-refractivity contribution in [3.63, 3.8) is 0 Å². The van der Waals surface area contributed by atoms with Crippen LogP contribution in [0.5, 0.6) is 0 Å². The number of isocyanates is 2. The number of aliphatic imine (C=N–C) groups is 2. The second kappa shape index (κ2) is 18.8. The number of nitrogens with zero attached hydrogens (tertiary/aromatic N) is 2. The summed E-state index contributed by atoms with van der Waals surface area (Å²) in [6, 6.07) is 14.7. The van der Waals surface area contributed by atoms with Gasteiger partial charge >= 0.3 is 11.9 Å². The number of rotatable bonds is 10. The van der Waals surface area contributed by atoms with Crippen LogP contribution in [0.4, 0.5) is 11.4 Å². The second-order valence-corrected chi connectivity index (χ2v) is 6.36. The van der Waals surface area contributed by atoms with Crippen molar-refractivity contribution >= 4 is 35.5 Å². The van der Waals surface area contributed by atoms with Crippen molar-refractivity contribution < 1.29 is 39.6 Å². The molecule has 2 rings (SSSR count). The van der Waals surface area contributed by atoms with Crippen LogP contribution in [0, 0.1) is 0 Å². The summed E-state index contributed by atoms with van der Waals surface area (Å²) in [4.78, 5) is 47.1. The maximum absolute atomic E-state index is 10.1. The molecule has 0 saturated carbocycles.